The zero-order valence-electron chi connectivity index (χ0n) is 17.6. The summed E-state index contributed by atoms with van der Waals surface area (Å²) in [7, 11) is 0. The second kappa shape index (κ2) is 8.67. The van der Waals surface area contributed by atoms with Gasteiger partial charge in [-0.25, -0.2) is 10.2 Å². The summed E-state index contributed by atoms with van der Waals surface area (Å²) in [5.74, 6) is 0.200. The number of hydrazone groups is 1. The highest BCUT2D eigenvalue weighted by atomic mass is 79.9. The Morgan fingerprint density at radius 2 is 2.06 bits per heavy atom. The lowest BCUT2D eigenvalue weighted by Crippen LogP contribution is -2.21. The minimum Gasteiger partial charge on any atom is -0.459 e. The van der Waals surface area contributed by atoms with Crippen molar-refractivity contribution in [3.63, 3.8) is 0 Å². The summed E-state index contributed by atoms with van der Waals surface area (Å²) in [6, 6.07) is 10.4. The third kappa shape index (κ3) is 3.95. The molecule has 5 rings (SSSR count). The molecule has 0 fully saturated rings. The second-order valence-electron chi connectivity index (χ2n) is 7.52. The van der Waals surface area contributed by atoms with Crippen molar-refractivity contribution < 1.29 is 23.2 Å². The van der Waals surface area contributed by atoms with Crippen LogP contribution in [0.25, 0.3) is 10.9 Å². The van der Waals surface area contributed by atoms with Gasteiger partial charge in [0.15, 0.2) is 11.5 Å². The molecule has 0 unspecified atom stereocenters. The largest absolute Gasteiger partial charge is 0.459 e. The Kier molecular flexibility index (Phi) is 5.55. The highest BCUT2D eigenvalue weighted by Crippen LogP contribution is 2.33. The minimum absolute atomic E-state index is 0.110. The van der Waals surface area contributed by atoms with Crippen molar-refractivity contribution in [1.29, 1.82) is 0 Å². The fraction of sp³-hybridized carbons (Fsp3) is 0.167. The van der Waals surface area contributed by atoms with Crippen molar-refractivity contribution in [1.82, 2.24) is 10.4 Å². The van der Waals surface area contributed by atoms with Gasteiger partial charge in [0.2, 0.25) is 5.76 Å². The van der Waals surface area contributed by atoms with Crippen molar-refractivity contribution in [2.24, 2.45) is 5.10 Å². The molecule has 0 bridgehead atoms. The van der Waals surface area contributed by atoms with Gasteiger partial charge < -0.3 is 13.6 Å². The first-order valence-electron chi connectivity index (χ1n) is 10.3. The van der Waals surface area contributed by atoms with Crippen LogP contribution in [0.3, 0.4) is 0 Å². The van der Waals surface area contributed by atoms with Crippen molar-refractivity contribution in [3.8, 4) is 5.75 Å². The first kappa shape index (κ1) is 21.1. The van der Waals surface area contributed by atoms with Gasteiger partial charge in [-0.05, 0) is 50.1 Å². The van der Waals surface area contributed by atoms with E-state index in [1.165, 1.54) is 6.26 Å². The van der Waals surface area contributed by atoms with E-state index in [1.54, 1.807) is 37.4 Å². The van der Waals surface area contributed by atoms with E-state index >= 15 is 0 Å². The highest BCUT2D eigenvalue weighted by molar-refractivity contribution is 9.10. The van der Waals surface area contributed by atoms with Crippen LogP contribution in [0.15, 0.2) is 67.3 Å². The summed E-state index contributed by atoms with van der Waals surface area (Å²) in [5, 5.41) is 5.11. The van der Waals surface area contributed by atoms with E-state index in [-0.39, 0.29) is 11.5 Å². The van der Waals surface area contributed by atoms with E-state index in [0.29, 0.717) is 41.1 Å². The molecule has 1 amide bonds. The minimum atomic E-state index is -0.616. The summed E-state index contributed by atoms with van der Waals surface area (Å²) in [6.07, 6.45) is 5.15. The average molecular weight is 508 g/mol. The van der Waals surface area contributed by atoms with E-state index in [4.69, 9.17) is 13.6 Å². The van der Waals surface area contributed by atoms with Gasteiger partial charge in [0, 0.05) is 33.6 Å². The molecule has 9 heteroatoms. The predicted molar refractivity (Wildman–Crippen MR) is 123 cm³/mol. The number of pyridine rings is 1. The number of hydrogen-bond donors (Lipinski definition) is 1. The van der Waals surface area contributed by atoms with Crippen molar-refractivity contribution >= 4 is 44.4 Å². The molecule has 1 aliphatic carbocycles. The quantitative estimate of drug-likeness (QED) is 0.231. The fourth-order valence-corrected chi connectivity index (χ4v) is 4.35. The summed E-state index contributed by atoms with van der Waals surface area (Å²) in [5.41, 5.74) is 5.07. The number of rotatable bonds is 4. The molecule has 1 aromatic carbocycles. The molecular formula is C24H18BrN3O5. The predicted octanol–water partition coefficient (Wildman–Crippen LogP) is 5.18. The van der Waals surface area contributed by atoms with Gasteiger partial charge in [0.1, 0.15) is 11.3 Å². The van der Waals surface area contributed by atoms with Gasteiger partial charge in [0.05, 0.1) is 12.0 Å². The van der Waals surface area contributed by atoms with Gasteiger partial charge >= 0.3 is 11.9 Å². The maximum absolute atomic E-state index is 13.0. The van der Waals surface area contributed by atoms with Crippen LogP contribution in [0.5, 0.6) is 5.75 Å². The number of aryl methyl sites for hydroxylation is 1. The smallest absolute Gasteiger partial charge is 0.380 e. The number of carbonyl (C=O) groups excluding carboxylic acids is 2. The maximum Gasteiger partial charge on any atom is 0.380 e. The average Bonchev–Trinajstić information content (AvgIpc) is 3.48. The number of esters is 1. The summed E-state index contributed by atoms with van der Waals surface area (Å²) in [4.78, 5) is 29.6. The monoisotopic (exact) mass is 507 g/mol. The number of aromatic nitrogens is 1. The summed E-state index contributed by atoms with van der Waals surface area (Å²) < 4.78 is 17.5. The molecule has 1 aliphatic rings. The van der Waals surface area contributed by atoms with Crippen LogP contribution >= 0.6 is 15.9 Å². The van der Waals surface area contributed by atoms with E-state index in [9.17, 15) is 9.59 Å². The topological polar surface area (TPSA) is 107 Å². The zero-order valence-corrected chi connectivity index (χ0v) is 19.1. The normalized spacial score (nSPS) is 14.3. The van der Waals surface area contributed by atoms with Crippen LogP contribution in [0.4, 0.5) is 0 Å². The molecule has 166 valence electrons. The Labute approximate surface area is 196 Å². The van der Waals surface area contributed by atoms with Gasteiger partial charge in [-0.1, -0.05) is 22.0 Å². The number of amides is 1. The Balaban J connectivity index is 1.43. The molecule has 8 nitrogen and oxygen atoms in total. The first-order chi connectivity index (χ1) is 16.0. The molecule has 1 N–H and O–H groups in total. The van der Waals surface area contributed by atoms with Crippen LogP contribution in [-0.2, 0) is 6.42 Å². The number of fused-ring (bicyclic) bond motifs is 2. The molecule has 0 aliphatic heterocycles. The Morgan fingerprint density at radius 1 is 1.18 bits per heavy atom. The number of nitrogens with one attached hydrogen (secondary N) is 1. The number of hydrogen-bond acceptors (Lipinski definition) is 7. The van der Waals surface area contributed by atoms with Crippen molar-refractivity contribution in [2.75, 3.05) is 0 Å². The van der Waals surface area contributed by atoms with Gasteiger partial charge in [-0.3, -0.25) is 9.78 Å². The molecule has 33 heavy (non-hydrogen) atoms. The number of carbonyl (C=O) groups is 2. The third-order valence-corrected chi connectivity index (χ3v) is 6.12. The van der Waals surface area contributed by atoms with Gasteiger partial charge in [-0.2, -0.15) is 5.10 Å². The molecule has 0 saturated heterocycles. The molecule has 0 atom stereocenters. The van der Waals surface area contributed by atoms with Crippen LogP contribution < -0.4 is 10.2 Å². The molecular weight excluding hydrogens is 490 g/mol. The van der Waals surface area contributed by atoms with Crippen LogP contribution in [0, 0.1) is 6.92 Å². The number of halogens is 1. The second-order valence-corrected chi connectivity index (χ2v) is 8.37. The molecule has 0 spiro atoms. The standard InChI is InChI=1S/C24H18BrN3O5/c1-13-20-16(27-28-23(29)19-8-4-12-31-19)6-2-7-17(20)32-22(13)24(30)33-18-10-9-15(25)14-5-3-11-26-21(14)18/h3-5,8-12H,2,6-7H2,1H3,(H,28,29)/b27-16+. The van der Waals surface area contributed by atoms with Crippen LogP contribution in [0.2, 0.25) is 0 Å². The van der Waals surface area contributed by atoms with Crippen LogP contribution in [0.1, 0.15) is 50.8 Å². The molecule has 3 aromatic heterocycles. The lowest BCUT2D eigenvalue weighted by Gasteiger charge is -2.13. The van der Waals surface area contributed by atoms with Crippen molar-refractivity contribution in [2.45, 2.75) is 26.2 Å². The SMILES string of the molecule is Cc1c(C(=O)Oc2ccc(Br)c3cccnc23)oc2c1/C(=N/NC(=O)c1ccco1)CCC2. The highest BCUT2D eigenvalue weighted by Gasteiger charge is 2.29. The number of benzene rings is 1. The van der Waals surface area contributed by atoms with Gasteiger partial charge in [-0.15, -0.1) is 0 Å². The molecule has 4 aromatic rings. The number of ether oxygens (including phenoxy) is 1. The lowest BCUT2D eigenvalue weighted by molar-refractivity contribution is 0.0700. The lowest BCUT2D eigenvalue weighted by atomic mass is 9.93. The van der Waals surface area contributed by atoms with Crippen molar-refractivity contribution in [3.05, 3.63) is 81.7 Å². The van der Waals surface area contributed by atoms with E-state index in [2.05, 4.69) is 31.4 Å². The fourth-order valence-electron chi connectivity index (χ4n) is 3.90. The van der Waals surface area contributed by atoms with E-state index in [0.717, 1.165) is 21.8 Å². The zero-order chi connectivity index (χ0) is 22.9. The van der Waals surface area contributed by atoms with Gasteiger partial charge in [0.25, 0.3) is 0 Å². The Bertz CT molecular complexity index is 1410. The first-order valence-corrected chi connectivity index (χ1v) is 11.1. The number of furan rings is 2. The van der Waals surface area contributed by atoms with E-state index < -0.39 is 11.9 Å². The summed E-state index contributed by atoms with van der Waals surface area (Å²) >= 11 is 3.49. The van der Waals surface area contributed by atoms with Crippen LogP contribution in [-0.4, -0.2) is 22.6 Å². The maximum atomic E-state index is 13.0. The third-order valence-electron chi connectivity index (χ3n) is 5.43. The summed E-state index contributed by atoms with van der Waals surface area (Å²) in [6.45, 7) is 1.78. The molecule has 0 saturated carbocycles. The Hall–Kier alpha value is -3.72. The molecule has 3 heterocycles. The number of nitrogens with zero attached hydrogens (tertiary/aromatic N) is 2. The van der Waals surface area contributed by atoms with E-state index in [1.807, 2.05) is 12.1 Å². The molecule has 0 radical (unpaired) electrons. The Morgan fingerprint density at radius 3 is 2.88 bits per heavy atom.